The zero-order valence-corrected chi connectivity index (χ0v) is 13.1. The van der Waals surface area contributed by atoms with Gasteiger partial charge in [0.1, 0.15) is 0 Å². The second-order valence-electron chi connectivity index (χ2n) is 3.67. The van der Waals surface area contributed by atoms with Gasteiger partial charge < -0.3 is 14.2 Å². The van der Waals surface area contributed by atoms with Crippen molar-refractivity contribution < 1.29 is 28.6 Å². The standard InChI is InChI=1S/C12H15N3O6S/c1-4-21-11(18)8-6-22-12(13-8)15-14-7(10(17)20-3)5-9(16)19-2/h6H,4-5H2,1-3H3,(H,13,15). The third kappa shape index (κ3) is 5.13. The Labute approximate surface area is 130 Å². The number of aromatic nitrogens is 1. The van der Waals surface area contributed by atoms with Gasteiger partial charge in [-0.05, 0) is 6.92 Å². The van der Waals surface area contributed by atoms with E-state index in [-0.39, 0.29) is 29.6 Å². The number of hydrogen-bond acceptors (Lipinski definition) is 10. The van der Waals surface area contributed by atoms with Gasteiger partial charge in [-0.2, -0.15) is 5.10 Å². The number of carbonyl (C=O) groups is 3. The fourth-order valence-electron chi connectivity index (χ4n) is 1.22. The second kappa shape index (κ2) is 8.72. The van der Waals surface area contributed by atoms with Crippen LogP contribution < -0.4 is 5.43 Å². The Morgan fingerprint density at radius 2 is 2.05 bits per heavy atom. The van der Waals surface area contributed by atoms with E-state index in [0.29, 0.717) is 0 Å². The first-order chi connectivity index (χ1) is 10.5. The number of esters is 3. The number of ether oxygens (including phenoxy) is 3. The number of rotatable bonds is 7. The summed E-state index contributed by atoms with van der Waals surface area (Å²) in [7, 11) is 2.36. The van der Waals surface area contributed by atoms with Gasteiger partial charge in [-0.3, -0.25) is 10.2 Å². The highest BCUT2D eigenvalue weighted by atomic mass is 32.1. The molecule has 120 valence electrons. The van der Waals surface area contributed by atoms with Crippen LogP contribution in [0.4, 0.5) is 5.13 Å². The van der Waals surface area contributed by atoms with Gasteiger partial charge >= 0.3 is 17.9 Å². The van der Waals surface area contributed by atoms with Gasteiger partial charge in [0.05, 0.1) is 27.2 Å². The van der Waals surface area contributed by atoms with E-state index in [2.05, 4.69) is 25.0 Å². The molecule has 1 rings (SSSR count). The van der Waals surface area contributed by atoms with Crippen molar-refractivity contribution in [2.45, 2.75) is 13.3 Å². The number of anilines is 1. The predicted molar refractivity (Wildman–Crippen MR) is 77.8 cm³/mol. The van der Waals surface area contributed by atoms with Gasteiger partial charge in [-0.1, -0.05) is 0 Å². The van der Waals surface area contributed by atoms with Gasteiger partial charge in [-0.15, -0.1) is 11.3 Å². The lowest BCUT2D eigenvalue weighted by molar-refractivity contribution is -0.140. The van der Waals surface area contributed by atoms with Gasteiger partial charge in [-0.25, -0.2) is 14.6 Å². The van der Waals surface area contributed by atoms with Crippen molar-refractivity contribution in [3.63, 3.8) is 0 Å². The highest BCUT2D eigenvalue weighted by Gasteiger charge is 2.18. The van der Waals surface area contributed by atoms with Crippen molar-refractivity contribution in [3.8, 4) is 0 Å². The molecule has 1 N–H and O–H groups in total. The van der Waals surface area contributed by atoms with E-state index in [1.807, 2.05) is 0 Å². The number of hydrazone groups is 1. The molecule has 0 saturated heterocycles. The average Bonchev–Trinajstić information content (AvgIpc) is 2.99. The number of nitrogens with one attached hydrogen (secondary N) is 1. The summed E-state index contributed by atoms with van der Waals surface area (Å²) in [5, 5.41) is 5.50. The molecule has 0 bridgehead atoms. The number of hydrogen-bond donors (Lipinski definition) is 1. The van der Waals surface area contributed by atoms with Crippen molar-refractivity contribution in [2.24, 2.45) is 5.10 Å². The molecule has 0 spiro atoms. The number of nitrogens with zero attached hydrogens (tertiary/aromatic N) is 2. The highest BCUT2D eigenvalue weighted by molar-refractivity contribution is 7.13. The summed E-state index contributed by atoms with van der Waals surface area (Å²) >= 11 is 1.09. The van der Waals surface area contributed by atoms with Crippen LogP contribution in [0, 0.1) is 0 Å². The summed E-state index contributed by atoms with van der Waals surface area (Å²) in [6.07, 6.45) is -0.355. The van der Waals surface area contributed by atoms with E-state index in [1.54, 1.807) is 6.92 Å². The van der Waals surface area contributed by atoms with Crippen LogP contribution in [0.15, 0.2) is 10.5 Å². The number of thiazole rings is 1. The number of carbonyl (C=O) groups excluding carboxylic acids is 3. The molecule has 1 heterocycles. The summed E-state index contributed by atoms with van der Waals surface area (Å²) in [5.41, 5.74) is 2.43. The molecule has 0 saturated carbocycles. The van der Waals surface area contributed by atoms with Gasteiger partial charge in [0, 0.05) is 5.38 Å². The van der Waals surface area contributed by atoms with Crippen molar-refractivity contribution in [1.29, 1.82) is 0 Å². The lowest BCUT2D eigenvalue weighted by atomic mass is 10.3. The molecule has 10 heteroatoms. The Hall–Kier alpha value is -2.49. The maximum atomic E-state index is 11.5. The zero-order valence-electron chi connectivity index (χ0n) is 12.2. The normalized spacial score (nSPS) is 10.8. The van der Waals surface area contributed by atoms with Gasteiger partial charge in [0.2, 0.25) is 5.13 Å². The van der Waals surface area contributed by atoms with Crippen LogP contribution in [0.5, 0.6) is 0 Å². The van der Waals surface area contributed by atoms with Crippen LogP contribution in [0.2, 0.25) is 0 Å². The van der Waals surface area contributed by atoms with E-state index in [4.69, 9.17) is 4.74 Å². The molecule has 0 fully saturated rings. The van der Waals surface area contributed by atoms with Gasteiger partial charge in [0.15, 0.2) is 11.4 Å². The third-order valence-corrected chi connectivity index (χ3v) is 2.98. The third-order valence-electron chi connectivity index (χ3n) is 2.24. The van der Waals surface area contributed by atoms with E-state index < -0.39 is 17.9 Å². The maximum absolute atomic E-state index is 11.5. The second-order valence-corrected chi connectivity index (χ2v) is 4.53. The zero-order chi connectivity index (χ0) is 16.5. The Kier molecular flexibility index (Phi) is 6.96. The Morgan fingerprint density at radius 1 is 1.32 bits per heavy atom. The highest BCUT2D eigenvalue weighted by Crippen LogP contribution is 2.16. The molecule has 1 aromatic heterocycles. The molecule has 0 aromatic carbocycles. The van der Waals surface area contributed by atoms with Crippen LogP contribution in [-0.4, -0.2) is 49.4 Å². The van der Waals surface area contributed by atoms with Crippen LogP contribution >= 0.6 is 11.3 Å². The molecule has 0 unspecified atom stereocenters. The minimum absolute atomic E-state index is 0.122. The van der Waals surface area contributed by atoms with Crippen LogP contribution in [0.3, 0.4) is 0 Å². The molecule has 0 radical (unpaired) electrons. The van der Waals surface area contributed by atoms with E-state index >= 15 is 0 Å². The molecular weight excluding hydrogens is 314 g/mol. The van der Waals surface area contributed by atoms with E-state index in [9.17, 15) is 14.4 Å². The molecule has 0 amide bonds. The lowest BCUT2D eigenvalue weighted by Gasteiger charge is -2.03. The van der Waals surface area contributed by atoms with Crippen molar-refractivity contribution in [1.82, 2.24) is 4.98 Å². The van der Waals surface area contributed by atoms with E-state index in [0.717, 1.165) is 18.4 Å². The van der Waals surface area contributed by atoms with Crippen molar-refractivity contribution in [3.05, 3.63) is 11.1 Å². The lowest BCUT2D eigenvalue weighted by Crippen LogP contribution is -2.21. The monoisotopic (exact) mass is 329 g/mol. The first kappa shape index (κ1) is 17.6. The Morgan fingerprint density at radius 3 is 2.64 bits per heavy atom. The smallest absolute Gasteiger partial charge is 0.357 e. The van der Waals surface area contributed by atoms with Crippen LogP contribution in [0.25, 0.3) is 0 Å². The van der Waals surface area contributed by atoms with Crippen LogP contribution in [0.1, 0.15) is 23.8 Å². The average molecular weight is 329 g/mol. The molecule has 9 nitrogen and oxygen atoms in total. The van der Waals surface area contributed by atoms with Gasteiger partial charge in [0.25, 0.3) is 0 Å². The predicted octanol–water partition coefficient (Wildman–Crippen LogP) is 0.824. The van der Waals surface area contributed by atoms with Crippen LogP contribution in [-0.2, 0) is 23.8 Å². The first-order valence-electron chi connectivity index (χ1n) is 6.12. The van der Waals surface area contributed by atoms with Crippen molar-refractivity contribution in [2.75, 3.05) is 26.3 Å². The quantitative estimate of drug-likeness (QED) is 0.338. The molecule has 0 aliphatic carbocycles. The van der Waals surface area contributed by atoms with Crippen molar-refractivity contribution >= 4 is 40.1 Å². The SMILES string of the molecule is CCOC(=O)c1csc(NN=C(CC(=O)OC)C(=O)OC)n1. The fraction of sp³-hybridized carbons (Fsp3) is 0.417. The molecule has 1 aromatic rings. The summed E-state index contributed by atoms with van der Waals surface area (Å²) in [4.78, 5) is 38.1. The minimum Gasteiger partial charge on any atom is -0.469 e. The number of methoxy groups -OCH3 is 2. The maximum Gasteiger partial charge on any atom is 0.357 e. The topological polar surface area (TPSA) is 116 Å². The largest absolute Gasteiger partial charge is 0.469 e. The summed E-state index contributed by atoms with van der Waals surface area (Å²) in [5.74, 6) is -1.98. The molecule has 22 heavy (non-hydrogen) atoms. The first-order valence-corrected chi connectivity index (χ1v) is 7.00. The molecule has 0 atom stereocenters. The Bertz CT molecular complexity index is 583. The van der Waals surface area contributed by atoms with E-state index in [1.165, 1.54) is 12.5 Å². The molecule has 0 aliphatic rings. The summed E-state index contributed by atoms with van der Waals surface area (Å²) < 4.78 is 13.8. The minimum atomic E-state index is -0.778. The fourth-order valence-corrected chi connectivity index (χ4v) is 1.84. The summed E-state index contributed by atoms with van der Waals surface area (Å²) in [6.45, 7) is 1.92. The summed E-state index contributed by atoms with van der Waals surface area (Å²) in [6, 6.07) is 0. The molecular formula is C12H15N3O6S. The Balaban J connectivity index is 2.79. The molecule has 0 aliphatic heterocycles.